The van der Waals surface area contributed by atoms with E-state index in [1.165, 1.54) is 0 Å². The summed E-state index contributed by atoms with van der Waals surface area (Å²) in [6.45, 7) is 2.35. The van der Waals surface area contributed by atoms with E-state index in [1.807, 2.05) is 42.0 Å². The molecule has 2 amide bonds. The Balaban J connectivity index is 1.70. The first-order valence-corrected chi connectivity index (χ1v) is 7.80. The van der Waals surface area contributed by atoms with Crippen molar-refractivity contribution < 1.29 is 9.59 Å². The zero-order valence-corrected chi connectivity index (χ0v) is 13.1. The summed E-state index contributed by atoms with van der Waals surface area (Å²) in [5.41, 5.74) is 2.00. The molecule has 6 heteroatoms. The molecule has 0 saturated carbocycles. The van der Waals surface area contributed by atoms with E-state index in [4.69, 9.17) is 0 Å². The average Bonchev–Trinajstić information content (AvgIpc) is 2.99. The van der Waals surface area contributed by atoms with Crippen LogP contribution < -0.4 is 10.6 Å². The molecule has 1 aliphatic heterocycles. The third kappa shape index (κ3) is 3.41. The molecule has 0 aliphatic carbocycles. The smallest absolute Gasteiger partial charge is 0.242 e. The molecule has 2 heterocycles. The number of carbonyl (C=O) groups is 2. The molecular weight excluding hydrogens is 292 g/mol. The van der Waals surface area contributed by atoms with Gasteiger partial charge in [0.15, 0.2) is 0 Å². The highest BCUT2D eigenvalue weighted by Crippen LogP contribution is 2.16. The van der Waals surface area contributed by atoms with Gasteiger partial charge in [-0.15, -0.1) is 0 Å². The molecule has 6 nitrogen and oxygen atoms in total. The number of nitrogens with zero attached hydrogens (tertiary/aromatic N) is 2. The summed E-state index contributed by atoms with van der Waals surface area (Å²) in [4.78, 5) is 27.9. The van der Waals surface area contributed by atoms with Crippen molar-refractivity contribution in [1.29, 1.82) is 0 Å². The van der Waals surface area contributed by atoms with E-state index in [0.29, 0.717) is 19.4 Å². The highest BCUT2D eigenvalue weighted by atomic mass is 16.2. The number of nitrogens with one attached hydrogen (secondary N) is 2. The Bertz CT molecular complexity index is 723. The van der Waals surface area contributed by atoms with E-state index in [9.17, 15) is 9.59 Å². The minimum atomic E-state index is -0.418. The zero-order chi connectivity index (χ0) is 16.2. The minimum absolute atomic E-state index is 0.0501. The monoisotopic (exact) mass is 312 g/mol. The normalized spacial score (nSPS) is 17.6. The molecule has 1 fully saturated rings. The third-order valence-corrected chi connectivity index (χ3v) is 4.08. The molecule has 1 aromatic heterocycles. The Kier molecular flexibility index (Phi) is 4.41. The van der Waals surface area contributed by atoms with Crippen molar-refractivity contribution in [2.45, 2.75) is 38.8 Å². The van der Waals surface area contributed by atoms with E-state index in [0.717, 1.165) is 23.5 Å². The van der Waals surface area contributed by atoms with Crippen molar-refractivity contribution in [2.75, 3.05) is 0 Å². The van der Waals surface area contributed by atoms with Gasteiger partial charge in [0.2, 0.25) is 11.8 Å². The molecule has 2 N–H and O–H groups in total. The van der Waals surface area contributed by atoms with Gasteiger partial charge >= 0.3 is 0 Å². The first-order chi connectivity index (χ1) is 11.1. The predicted octanol–water partition coefficient (Wildman–Crippen LogP) is 1.47. The Morgan fingerprint density at radius 1 is 1.43 bits per heavy atom. The summed E-state index contributed by atoms with van der Waals surface area (Å²) in [7, 11) is 0. The number of imidazole rings is 1. The molecule has 0 unspecified atom stereocenters. The van der Waals surface area contributed by atoms with Crippen LogP contribution in [-0.4, -0.2) is 27.4 Å². The molecule has 0 spiro atoms. The van der Waals surface area contributed by atoms with Gasteiger partial charge in [0.1, 0.15) is 11.9 Å². The maximum atomic E-state index is 12.2. The summed E-state index contributed by atoms with van der Waals surface area (Å²) in [6, 6.07) is 7.46. The average molecular weight is 312 g/mol. The van der Waals surface area contributed by atoms with Crippen LogP contribution in [0.2, 0.25) is 0 Å². The summed E-state index contributed by atoms with van der Waals surface area (Å²) >= 11 is 0. The number of benzene rings is 1. The Morgan fingerprint density at radius 2 is 2.26 bits per heavy atom. The van der Waals surface area contributed by atoms with Crippen molar-refractivity contribution in [3.05, 3.63) is 48.0 Å². The molecular formula is C17H20N4O2. The fraction of sp³-hybridized carbons (Fsp3) is 0.353. The van der Waals surface area contributed by atoms with Crippen LogP contribution in [0.1, 0.15) is 30.7 Å². The Labute approximate surface area is 134 Å². The van der Waals surface area contributed by atoms with Crippen LogP contribution in [0, 0.1) is 6.92 Å². The SMILES string of the molecule is Cc1nccn1-c1ccccc1CNC(=O)[C@H]1CCCC(=O)N1. The quantitative estimate of drug-likeness (QED) is 0.897. The Hall–Kier alpha value is -2.63. The van der Waals surface area contributed by atoms with Crippen molar-refractivity contribution in [3.8, 4) is 5.69 Å². The minimum Gasteiger partial charge on any atom is -0.350 e. The number of hydrogen-bond acceptors (Lipinski definition) is 3. The number of rotatable bonds is 4. The fourth-order valence-corrected chi connectivity index (χ4v) is 2.84. The molecule has 3 rings (SSSR count). The predicted molar refractivity (Wildman–Crippen MR) is 85.9 cm³/mol. The van der Waals surface area contributed by atoms with Crippen molar-refractivity contribution >= 4 is 11.8 Å². The number of aromatic nitrogens is 2. The standard InChI is InChI=1S/C17H20N4O2/c1-12-18-9-10-21(12)15-7-3-2-5-13(15)11-19-17(23)14-6-4-8-16(22)20-14/h2-3,5,7,9-10,14H,4,6,8,11H2,1H3,(H,19,23)(H,20,22)/t14-/m1/s1. The largest absolute Gasteiger partial charge is 0.350 e. The second kappa shape index (κ2) is 6.64. The molecule has 2 aromatic rings. The summed E-state index contributed by atoms with van der Waals surface area (Å²) in [5.74, 6) is 0.712. The number of para-hydroxylation sites is 1. The fourth-order valence-electron chi connectivity index (χ4n) is 2.84. The van der Waals surface area contributed by atoms with Gasteiger partial charge in [0.25, 0.3) is 0 Å². The molecule has 1 saturated heterocycles. The van der Waals surface area contributed by atoms with Gasteiger partial charge in [-0.25, -0.2) is 4.98 Å². The van der Waals surface area contributed by atoms with E-state index in [-0.39, 0.29) is 11.8 Å². The number of piperidine rings is 1. The third-order valence-electron chi connectivity index (χ3n) is 4.08. The molecule has 23 heavy (non-hydrogen) atoms. The maximum Gasteiger partial charge on any atom is 0.242 e. The molecule has 0 bridgehead atoms. The summed E-state index contributed by atoms with van der Waals surface area (Å²) in [6.07, 6.45) is 5.61. The molecule has 120 valence electrons. The Morgan fingerprint density at radius 3 is 3.00 bits per heavy atom. The number of amides is 2. The lowest BCUT2D eigenvalue weighted by atomic mass is 10.0. The first kappa shape index (κ1) is 15.3. The lowest BCUT2D eigenvalue weighted by Gasteiger charge is -2.22. The van der Waals surface area contributed by atoms with E-state index < -0.39 is 6.04 Å². The number of aryl methyl sites for hydroxylation is 1. The van der Waals surface area contributed by atoms with Gasteiger partial charge in [-0.1, -0.05) is 18.2 Å². The molecule has 0 radical (unpaired) electrons. The van der Waals surface area contributed by atoms with Gasteiger partial charge < -0.3 is 15.2 Å². The second-order valence-corrected chi connectivity index (χ2v) is 5.70. The maximum absolute atomic E-state index is 12.2. The van der Waals surface area contributed by atoms with E-state index >= 15 is 0 Å². The number of carbonyl (C=O) groups excluding carboxylic acids is 2. The highest BCUT2D eigenvalue weighted by Gasteiger charge is 2.24. The summed E-state index contributed by atoms with van der Waals surface area (Å²) < 4.78 is 1.99. The van der Waals surface area contributed by atoms with Gasteiger partial charge in [-0.2, -0.15) is 0 Å². The van der Waals surface area contributed by atoms with Crippen LogP contribution in [0.3, 0.4) is 0 Å². The van der Waals surface area contributed by atoms with Gasteiger partial charge in [-0.3, -0.25) is 9.59 Å². The van der Waals surface area contributed by atoms with Crippen LogP contribution >= 0.6 is 0 Å². The first-order valence-electron chi connectivity index (χ1n) is 7.80. The second-order valence-electron chi connectivity index (χ2n) is 5.70. The topological polar surface area (TPSA) is 76.0 Å². The lowest BCUT2D eigenvalue weighted by molar-refractivity contribution is -0.131. The van der Waals surface area contributed by atoms with E-state index in [2.05, 4.69) is 15.6 Å². The number of hydrogen-bond donors (Lipinski definition) is 2. The van der Waals surface area contributed by atoms with Crippen molar-refractivity contribution in [3.63, 3.8) is 0 Å². The van der Waals surface area contributed by atoms with Crippen molar-refractivity contribution in [1.82, 2.24) is 20.2 Å². The molecule has 1 atom stereocenters. The van der Waals surface area contributed by atoms with Crippen LogP contribution in [0.5, 0.6) is 0 Å². The van der Waals surface area contributed by atoms with Crippen LogP contribution in [0.4, 0.5) is 0 Å². The van der Waals surface area contributed by atoms with Crippen LogP contribution in [-0.2, 0) is 16.1 Å². The van der Waals surface area contributed by atoms with E-state index in [1.54, 1.807) is 6.20 Å². The molecule has 1 aromatic carbocycles. The van der Waals surface area contributed by atoms with Gasteiger partial charge in [-0.05, 0) is 31.4 Å². The van der Waals surface area contributed by atoms with Gasteiger partial charge in [0, 0.05) is 25.4 Å². The summed E-state index contributed by atoms with van der Waals surface area (Å²) in [5, 5.41) is 5.66. The lowest BCUT2D eigenvalue weighted by Crippen LogP contribution is -2.48. The zero-order valence-electron chi connectivity index (χ0n) is 13.1. The van der Waals surface area contributed by atoms with Crippen LogP contribution in [0.15, 0.2) is 36.7 Å². The highest BCUT2D eigenvalue weighted by molar-refractivity contribution is 5.88. The van der Waals surface area contributed by atoms with Gasteiger partial charge in [0.05, 0.1) is 5.69 Å². The van der Waals surface area contributed by atoms with Crippen LogP contribution in [0.25, 0.3) is 5.69 Å². The van der Waals surface area contributed by atoms with Crippen molar-refractivity contribution in [2.24, 2.45) is 0 Å². The molecule has 1 aliphatic rings.